The van der Waals surface area contributed by atoms with Crippen LogP contribution in [0.1, 0.15) is 13.3 Å². The molecule has 24 heavy (non-hydrogen) atoms. The molecule has 0 spiro atoms. The van der Waals surface area contributed by atoms with Crippen LogP contribution in [0.3, 0.4) is 0 Å². The third-order valence-corrected chi connectivity index (χ3v) is 3.46. The zero-order chi connectivity index (χ0) is 17.2. The molecule has 0 aliphatic heterocycles. The van der Waals surface area contributed by atoms with Crippen molar-refractivity contribution in [2.45, 2.75) is 13.3 Å². The number of nitrogens with zero attached hydrogens (tertiary/aromatic N) is 1. The van der Waals surface area contributed by atoms with Crippen LogP contribution >= 0.6 is 0 Å². The van der Waals surface area contributed by atoms with Crippen LogP contribution < -0.4 is 15.0 Å². The molecule has 0 atom stereocenters. The van der Waals surface area contributed by atoms with Gasteiger partial charge in [-0.15, -0.1) is 0 Å². The number of hydrogen-bond acceptors (Lipinski definition) is 4. The second-order valence-corrected chi connectivity index (χ2v) is 5.33. The maximum Gasteiger partial charge on any atom is 0.411 e. The van der Waals surface area contributed by atoms with Crippen molar-refractivity contribution in [3.05, 3.63) is 54.6 Å². The SMILES string of the molecule is CCOC(=O)Nc1cccc(OCCCN(C)c2ccccc2)c1. The molecular weight excluding hydrogens is 304 g/mol. The molecule has 0 aromatic heterocycles. The average molecular weight is 328 g/mol. The van der Waals surface area contributed by atoms with Gasteiger partial charge in [0, 0.05) is 31.0 Å². The molecule has 0 aliphatic carbocycles. The first-order valence-corrected chi connectivity index (χ1v) is 8.12. The molecule has 5 nitrogen and oxygen atoms in total. The molecule has 0 saturated carbocycles. The summed E-state index contributed by atoms with van der Waals surface area (Å²) in [5.41, 5.74) is 1.85. The van der Waals surface area contributed by atoms with Crippen LogP contribution in [0, 0.1) is 0 Å². The Kier molecular flexibility index (Phi) is 6.95. The molecule has 0 fully saturated rings. The van der Waals surface area contributed by atoms with Crippen LogP contribution in [-0.2, 0) is 4.74 Å². The minimum atomic E-state index is -0.459. The predicted molar refractivity (Wildman–Crippen MR) is 96.9 cm³/mol. The van der Waals surface area contributed by atoms with E-state index in [9.17, 15) is 4.79 Å². The van der Waals surface area contributed by atoms with Gasteiger partial charge in [-0.2, -0.15) is 0 Å². The Labute approximate surface area is 143 Å². The Hall–Kier alpha value is -2.69. The van der Waals surface area contributed by atoms with Crippen molar-refractivity contribution >= 4 is 17.5 Å². The highest BCUT2D eigenvalue weighted by molar-refractivity contribution is 5.84. The van der Waals surface area contributed by atoms with Crippen molar-refractivity contribution in [1.29, 1.82) is 0 Å². The molecule has 0 radical (unpaired) electrons. The molecule has 2 aromatic rings. The molecule has 2 aromatic carbocycles. The van der Waals surface area contributed by atoms with Gasteiger partial charge in [0.1, 0.15) is 5.75 Å². The van der Waals surface area contributed by atoms with Gasteiger partial charge in [-0.05, 0) is 37.6 Å². The number of amides is 1. The Morgan fingerprint density at radius 3 is 2.67 bits per heavy atom. The summed E-state index contributed by atoms with van der Waals surface area (Å²) < 4.78 is 10.6. The molecule has 1 N–H and O–H groups in total. The standard InChI is InChI=1S/C19H24N2O3/c1-3-23-19(22)20-16-9-7-12-18(15-16)24-14-8-13-21(2)17-10-5-4-6-11-17/h4-7,9-12,15H,3,8,13-14H2,1-2H3,(H,20,22). The molecule has 0 heterocycles. The topological polar surface area (TPSA) is 50.8 Å². The molecule has 5 heteroatoms. The fourth-order valence-corrected chi connectivity index (χ4v) is 2.25. The van der Waals surface area contributed by atoms with E-state index in [1.807, 2.05) is 30.3 Å². The fourth-order valence-electron chi connectivity index (χ4n) is 2.25. The zero-order valence-corrected chi connectivity index (χ0v) is 14.2. The second-order valence-electron chi connectivity index (χ2n) is 5.33. The Morgan fingerprint density at radius 1 is 1.12 bits per heavy atom. The highest BCUT2D eigenvalue weighted by atomic mass is 16.5. The molecule has 128 valence electrons. The number of carbonyl (C=O) groups excluding carboxylic acids is 1. The lowest BCUT2D eigenvalue weighted by Gasteiger charge is -2.19. The van der Waals surface area contributed by atoms with Gasteiger partial charge in [-0.3, -0.25) is 5.32 Å². The van der Waals surface area contributed by atoms with E-state index in [4.69, 9.17) is 9.47 Å². The summed E-state index contributed by atoms with van der Waals surface area (Å²) in [7, 11) is 2.07. The van der Waals surface area contributed by atoms with Crippen LogP contribution in [-0.4, -0.2) is 32.9 Å². The Balaban J connectivity index is 1.75. The third kappa shape index (κ3) is 5.83. The third-order valence-electron chi connectivity index (χ3n) is 3.46. The number of benzene rings is 2. The van der Waals surface area contributed by atoms with Crippen LogP contribution in [0.15, 0.2) is 54.6 Å². The van der Waals surface area contributed by atoms with Crippen LogP contribution in [0.4, 0.5) is 16.2 Å². The number of hydrogen-bond donors (Lipinski definition) is 1. The van der Waals surface area contributed by atoms with Crippen molar-refractivity contribution in [3.63, 3.8) is 0 Å². The van der Waals surface area contributed by atoms with Gasteiger partial charge >= 0.3 is 6.09 Å². The summed E-state index contributed by atoms with van der Waals surface area (Å²) in [5.74, 6) is 0.728. The highest BCUT2D eigenvalue weighted by Gasteiger charge is 2.04. The van der Waals surface area contributed by atoms with E-state index in [0.717, 1.165) is 18.7 Å². The summed E-state index contributed by atoms with van der Waals surface area (Å²) in [6.07, 6.45) is 0.445. The first-order chi connectivity index (χ1) is 11.7. The quantitative estimate of drug-likeness (QED) is 0.739. The van der Waals surface area contributed by atoms with E-state index < -0.39 is 6.09 Å². The van der Waals surface area contributed by atoms with Crippen molar-refractivity contribution in [2.75, 3.05) is 37.0 Å². The minimum Gasteiger partial charge on any atom is -0.493 e. The fraction of sp³-hybridized carbons (Fsp3) is 0.316. The van der Waals surface area contributed by atoms with Crippen LogP contribution in [0.25, 0.3) is 0 Å². The monoisotopic (exact) mass is 328 g/mol. The summed E-state index contributed by atoms with van der Waals surface area (Å²) >= 11 is 0. The van der Waals surface area contributed by atoms with E-state index >= 15 is 0 Å². The summed E-state index contributed by atoms with van der Waals surface area (Å²) in [6.45, 7) is 3.63. The van der Waals surface area contributed by atoms with Gasteiger partial charge in [0.2, 0.25) is 0 Å². The number of para-hydroxylation sites is 1. The van der Waals surface area contributed by atoms with E-state index in [-0.39, 0.29) is 0 Å². The Morgan fingerprint density at radius 2 is 1.92 bits per heavy atom. The largest absolute Gasteiger partial charge is 0.493 e. The normalized spacial score (nSPS) is 10.1. The van der Waals surface area contributed by atoms with Gasteiger partial charge in [-0.1, -0.05) is 24.3 Å². The highest BCUT2D eigenvalue weighted by Crippen LogP contribution is 2.18. The van der Waals surface area contributed by atoms with Gasteiger partial charge in [-0.25, -0.2) is 4.79 Å². The lowest BCUT2D eigenvalue weighted by atomic mass is 10.3. The first kappa shape index (κ1) is 17.7. The smallest absolute Gasteiger partial charge is 0.411 e. The van der Waals surface area contributed by atoms with Gasteiger partial charge in [0.25, 0.3) is 0 Å². The molecule has 1 amide bonds. The van der Waals surface area contributed by atoms with Gasteiger partial charge < -0.3 is 14.4 Å². The van der Waals surface area contributed by atoms with E-state index in [1.54, 1.807) is 19.1 Å². The van der Waals surface area contributed by atoms with Gasteiger partial charge in [0.15, 0.2) is 0 Å². The second kappa shape index (κ2) is 9.45. The molecule has 2 rings (SSSR count). The first-order valence-electron chi connectivity index (χ1n) is 8.12. The van der Waals surface area contributed by atoms with Crippen molar-refractivity contribution in [1.82, 2.24) is 0 Å². The number of rotatable bonds is 8. The van der Waals surface area contributed by atoms with Gasteiger partial charge in [0.05, 0.1) is 13.2 Å². The maximum atomic E-state index is 11.4. The summed E-state index contributed by atoms with van der Waals surface area (Å²) in [5, 5.41) is 2.66. The average Bonchev–Trinajstić information content (AvgIpc) is 2.60. The number of carbonyl (C=O) groups is 1. The number of anilines is 2. The molecule has 0 saturated heterocycles. The Bertz CT molecular complexity index is 632. The van der Waals surface area contributed by atoms with Crippen LogP contribution in [0.5, 0.6) is 5.75 Å². The summed E-state index contributed by atoms with van der Waals surface area (Å²) in [6, 6.07) is 17.6. The lowest BCUT2D eigenvalue weighted by Crippen LogP contribution is -2.20. The summed E-state index contributed by atoms with van der Waals surface area (Å²) in [4.78, 5) is 13.6. The van der Waals surface area contributed by atoms with Crippen molar-refractivity contribution in [2.24, 2.45) is 0 Å². The minimum absolute atomic E-state index is 0.344. The maximum absolute atomic E-state index is 11.4. The molecule has 0 aliphatic rings. The van der Waals surface area contributed by atoms with Crippen molar-refractivity contribution < 1.29 is 14.3 Å². The predicted octanol–water partition coefficient (Wildman–Crippen LogP) is 4.16. The number of ether oxygens (including phenoxy) is 2. The van der Waals surface area contributed by atoms with Crippen LogP contribution in [0.2, 0.25) is 0 Å². The van der Waals surface area contributed by atoms with Crippen molar-refractivity contribution in [3.8, 4) is 5.75 Å². The van der Waals surface area contributed by atoms with E-state index in [2.05, 4.69) is 29.4 Å². The molecule has 0 bridgehead atoms. The molecular formula is C19H24N2O3. The lowest BCUT2D eigenvalue weighted by molar-refractivity contribution is 0.168. The number of nitrogens with one attached hydrogen (secondary N) is 1. The zero-order valence-electron chi connectivity index (χ0n) is 14.2. The molecule has 0 unspecified atom stereocenters. The van der Waals surface area contributed by atoms with E-state index in [0.29, 0.717) is 18.9 Å². The van der Waals surface area contributed by atoms with E-state index in [1.165, 1.54) is 5.69 Å².